The summed E-state index contributed by atoms with van der Waals surface area (Å²) in [5, 5.41) is 1.63. The van der Waals surface area contributed by atoms with E-state index in [0.29, 0.717) is 0 Å². The van der Waals surface area contributed by atoms with Crippen molar-refractivity contribution in [2.45, 2.75) is 31.5 Å². The van der Waals surface area contributed by atoms with Gasteiger partial charge in [0.05, 0.1) is 8.07 Å². The van der Waals surface area contributed by atoms with Crippen LogP contribution in [0.4, 0.5) is 0 Å². The van der Waals surface area contributed by atoms with E-state index in [2.05, 4.69) is 67.7 Å². The second-order valence-corrected chi connectivity index (χ2v) is 11.2. The fourth-order valence-corrected chi connectivity index (χ4v) is 6.90. The quantitative estimate of drug-likeness (QED) is 0.696. The van der Waals surface area contributed by atoms with Gasteiger partial charge in [-0.15, -0.1) is 0 Å². The maximum absolute atomic E-state index is 2.55. The van der Waals surface area contributed by atoms with Gasteiger partial charge in [0.15, 0.2) is 0 Å². The van der Waals surface area contributed by atoms with Crippen molar-refractivity contribution in [3.05, 3.63) is 54.6 Å². The minimum Gasteiger partial charge on any atom is -0.0808 e. The molecule has 1 saturated carbocycles. The molecule has 1 aromatic carbocycles. The smallest absolute Gasteiger partial charge is 0.0808 e. The number of allylic oxidation sites excluding steroid dienone is 4. The molecule has 0 heterocycles. The molecule has 0 amide bonds. The van der Waals surface area contributed by atoms with Crippen LogP contribution in [0.1, 0.15) is 12.8 Å². The van der Waals surface area contributed by atoms with Crippen LogP contribution in [0.5, 0.6) is 0 Å². The van der Waals surface area contributed by atoms with Crippen molar-refractivity contribution >= 4 is 13.3 Å². The summed E-state index contributed by atoms with van der Waals surface area (Å²) in [5.74, 6) is 1.63. The number of hydrogen-bond donors (Lipinski definition) is 0. The fourth-order valence-electron chi connectivity index (χ4n) is 3.65. The zero-order valence-corrected chi connectivity index (χ0v) is 12.3. The van der Waals surface area contributed by atoms with Crippen molar-refractivity contribution in [2.24, 2.45) is 11.8 Å². The lowest BCUT2D eigenvalue weighted by molar-refractivity contribution is 0.552. The van der Waals surface area contributed by atoms with Crippen LogP contribution in [0, 0.1) is 11.8 Å². The molecule has 1 aromatic rings. The molecule has 18 heavy (non-hydrogen) atoms. The van der Waals surface area contributed by atoms with E-state index in [1.165, 1.54) is 12.8 Å². The molecular formula is C17H22Si. The Bertz CT molecular complexity index is 450. The zero-order valence-electron chi connectivity index (χ0n) is 11.3. The molecular weight excluding hydrogens is 232 g/mol. The number of rotatable bonds is 2. The molecule has 2 unspecified atom stereocenters. The summed E-state index contributed by atoms with van der Waals surface area (Å²) in [7, 11) is -1.30. The minimum atomic E-state index is -1.30. The van der Waals surface area contributed by atoms with E-state index in [0.717, 1.165) is 17.4 Å². The molecule has 0 nitrogen and oxygen atoms in total. The first-order valence-electron chi connectivity index (χ1n) is 7.08. The van der Waals surface area contributed by atoms with Gasteiger partial charge >= 0.3 is 0 Å². The summed E-state index contributed by atoms with van der Waals surface area (Å²) in [6.45, 7) is 5.11. The summed E-state index contributed by atoms with van der Waals surface area (Å²) >= 11 is 0. The van der Waals surface area contributed by atoms with Crippen LogP contribution in [0.15, 0.2) is 54.6 Å². The summed E-state index contributed by atoms with van der Waals surface area (Å²) < 4.78 is 0. The Kier molecular flexibility index (Phi) is 3.02. The van der Waals surface area contributed by atoms with Gasteiger partial charge in [-0.3, -0.25) is 0 Å². The SMILES string of the molecule is C[Si](C)(c1ccccc1)C1CC2C=CC=CC2C1. The Morgan fingerprint density at radius 2 is 1.44 bits per heavy atom. The molecule has 1 heteroatoms. The lowest BCUT2D eigenvalue weighted by Gasteiger charge is -2.30. The van der Waals surface area contributed by atoms with Crippen LogP contribution in [-0.4, -0.2) is 8.07 Å². The highest BCUT2D eigenvalue weighted by Gasteiger charge is 2.42. The minimum absolute atomic E-state index is 0.815. The molecule has 0 saturated heterocycles. The standard InChI is InChI=1S/C17H22Si/c1-18(2,16-10-4-3-5-11-16)17-12-14-8-6-7-9-15(14)13-17/h3-11,14-15,17H,12-13H2,1-2H3. The van der Waals surface area contributed by atoms with Crippen LogP contribution in [0.25, 0.3) is 0 Å². The summed E-state index contributed by atoms with van der Waals surface area (Å²) in [6, 6.07) is 11.2. The van der Waals surface area contributed by atoms with Crippen molar-refractivity contribution in [3.63, 3.8) is 0 Å². The summed E-state index contributed by atoms with van der Waals surface area (Å²) in [6.07, 6.45) is 12.1. The first-order valence-corrected chi connectivity index (χ1v) is 10.2. The van der Waals surface area contributed by atoms with Crippen molar-refractivity contribution in [2.75, 3.05) is 0 Å². The molecule has 2 aliphatic rings. The second kappa shape index (κ2) is 4.54. The van der Waals surface area contributed by atoms with E-state index in [1.54, 1.807) is 5.19 Å². The second-order valence-electron chi connectivity index (χ2n) is 6.35. The number of benzene rings is 1. The highest BCUT2D eigenvalue weighted by Crippen LogP contribution is 2.47. The van der Waals surface area contributed by atoms with Crippen LogP contribution >= 0.6 is 0 Å². The van der Waals surface area contributed by atoms with Gasteiger partial charge in [0.25, 0.3) is 0 Å². The van der Waals surface area contributed by atoms with E-state index in [-0.39, 0.29) is 0 Å². The van der Waals surface area contributed by atoms with Gasteiger partial charge in [0.2, 0.25) is 0 Å². The van der Waals surface area contributed by atoms with Gasteiger partial charge in [0, 0.05) is 0 Å². The molecule has 0 aliphatic heterocycles. The maximum Gasteiger partial charge on any atom is 0.0837 e. The maximum atomic E-state index is 2.55. The lowest BCUT2D eigenvalue weighted by Crippen LogP contribution is -2.45. The highest BCUT2D eigenvalue weighted by molar-refractivity contribution is 6.91. The van der Waals surface area contributed by atoms with Crippen molar-refractivity contribution in [3.8, 4) is 0 Å². The Balaban J connectivity index is 1.83. The van der Waals surface area contributed by atoms with Gasteiger partial charge in [-0.25, -0.2) is 0 Å². The molecule has 0 bridgehead atoms. The van der Waals surface area contributed by atoms with Gasteiger partial charge in [0.1, 0.15) is 0 Å². The third-order valence-corrected chi connectivity index (χ3v) is 9.36. The van der Waals surface area contributed by atoms with Gasteiger partial charge in [-0.05, 0) is 30.2 Å². The Labute approximate surface area is 111 Å². The van der Waals surface area contributed by atoms with E-state index in [4.69, 9.17) is 0 Å². The van der Waals surface area contributed by atoms with E-state index >= 15 is 0 Å². The van der Waals surface area contributed by atoms with Crippen LogP contribution in [0.3, 0.4) is 0 Å². The van der Waals surface area contributed by atoms with E-state index < -0.39 is 8.07 Å². The first-order chi connectivity index (χ1) is 8.68. The Hall–Kier alpha value is -1.08. The zero-order chi connectivity index (χ0) is 12.6. The third-order valence-electron chi connectivity index (χ3n) is 5.03. The molecule has 2 atom stereocenters. The van der Waals surface area contributed by atoms with Crippen LogP contribution < -0.4 is 5.19 Å². The molecule has 2 aliphatic carbocycles. The molecule has 0 aromatic heterocycles. The van der Waals surface area contributed by atoms with E-state index in [1.807, 2.05) is 0 Å². The highest BCUT2D eigenvalue weighted by atomic mass is 28.3. The van der Waals surface area contributed by atoms with Crippen LogP contribution in [-0.2, 0) is 0 Å². The summed E-state index contributed by atoms with van der Waals surface area (Å²) in [5.41, 5.74) is 0.933. The predicted molar refractivity (Wildman–Crippen MR) is 81.8 cm³/mol. The fraction of sp³-hybridized carbons (Fsp3) is 0.412. The monoisotopic (exact) mass is 254 g/mol. The van der Waals surface area contributed by atoms with E-state index in [9.17, 15) is 0 Å². The average molecular weight is 254 g/mol. The molecule has 0 spiro atoms. The van der Waals surface area contributed by atoms with Gasteiger partial charge in [-0.1, -0.05) is 72.9 Å². The molecule has 94 valence electrons. The molecule has 0 N–H and O–H groups in total. The molecule has 3 rings (SSSR count). The Morgan fingerprint density at radius 1 is 0.889 bits per heavy atom. The molecule has 1 fully saturated rings. The van der Waals surface area contributed by atoms with Crippen molar-refractivity contribution < 1.29 is 0 Å². The average Bonchev–Trinajstić information content (AvgIpc) is 2.84. The molecule has 0 radical (unpaired) electrons. The normalized spacial score (nSPS) is 30.4. The van der Waals surface area contributed by atoms with Gasteiger partial charge < -0.3 is 0 Å². The largest absolute Gasteiger partial charge is 0.0837 e. The third kappa shape index (κ3) is 2.01. The van der Waals surface area contributed by atoms with Crippen molar-refractivity contribution in [1.82, 2.24) is 0 Å². The number of hydrogen-bond acceptors (Lipinski definition) is 0. The van der Waals surface area contributed by atoms with Crippen LogP contribution in [0.2, 0.25) is 18.6 Å². The van der Waals surface area contributed by atoms with Crippen molar-refractivity contribution in [1.29, 1.82) is 0 Å². The topological polar surface area (TPSA) is 0 Å². The summed E-state index contributed by atoms with van der Waals surface area (Å²) in [4.78, 5) is 0. The number of fused-ring (bicyclic) bond motifs is 1. The van der Waals surface area contributed by atoms with Gasteiger partial charge in [-0.2, -0.15) is 0 Å². The first kappa shape index (κ1) is 12.0. The predicted octanol–water partition coefficient (Wildman–Crippen LogP) is 4.12. The lowest BCUT2D eigenvalue weighted by atomic mass is 9.92. The Morgan fingerprint density at radius 3 is 2.00 bits per heavy atom.